The van der Waals surface area contributed by atoms with E-state index in [0.717, 1.165) is 38.5 Å². The van der Waals surface area contributed by atoms with Crippen molar-refractivity contribution in [3.63, 3.8) is 0 Å². The van der Waals surface area contributed by atoms with Crippen molar-refractivity contribution in [1.29, 1.82) is 0 Å². The van der Waals surface area contributed by atoms with Crippen LogP contribution in [0.4, 0.5) is 0 Å². The van der Waals surface area contributed by atoms with Crippen LogP contribution >= 0.6 is 0 Å². The van der Waals surface area contributed by atoms with E-state index in [1.165, 1.54) is 12.8 Å². The van der Waals surface area contributed by atoms with Crippen molar-refractivity contribution in [2.45, 2.75) is 83.8 Å². The van der Waals surface area contributed by atoms with Crippen molar-refractivity contribution in [2.24, 2.45) is 0 Å². The fraction of sp³-hybridized carbons (Fsp3) is 0.824. The Balaban J connectivity index is 3.97. The molecule has 0 aromatic carbocycles. The highest BCUT2D eigenvalue weighted by Gasteiger charge is 2.17. The summed E-state index contributed by atoms with van der Waals surface area (Å²) in [6.07, 6.45) is 11.8. The highest BCUT2D eigenvalue weighted by molar-refractivity contribution is 5.76. The zero-order valence-corrected chi connectivity index (χ0v) is 13.7. The molecule has 124 valence electrons. The molecular formula is C17H33NO3. The van der Waals surface area contributed by atoms with Crippen LogP contribution in [0.1, 0.15) is 71.6 Å². The zero-order valence-electron chi connectivity index (χ0n) is 13.7. The van der Waals surface area contributed by atoms with Crippen molar-refractivity contribution in [3.8, 4) is 0 Å². The summed E-state index contributed by atoms with van der Waals surface area (Å²) in [6.45, 7) is 4.03. The maximum absolute atomic E-state index is 11.7. The Morgan fingerprint density at radius 1 is 1.10 bits per heavy atom. The second kappa shape index (κ2) is 14.1. The maximum Gasteiger partial charge on any atom is 0.220 e. The third kappa shape index (κ3) is 11.5. The summed E-state index contributed by atoms with van der Waals surface area (Å²) in [6, 6.07) is -0.605. The molecule has 0 saturated carbocycles. The number of hydrogen-bond acceptors (Lipinski definition) is 3. The van der Waals surface area contributed by atoms with Crippen LogP contribution in [0.2, 0.25) is 0 Å². The lowest BCUT2D eigenvalue weighted by Gasteiger charge is -2.19. The van der Waals surface area contributed by atoms with Crippen LogP contribution in [-0.4, -0.2) is 34.9 Å². The quantitative estimate of drug-likeness (QED) is 0.362. The molecule has 0 aromatic rings. The van der Waals surface area contributed by atoms with Gasteiger partial charge in [0.15, 0.2) is 0 Å². The molecule has 0 aliphatic rings. The van der Waals surface area contributed by atoms with Crippen LogP contribution in [0, 0.1) is 0 Å². The highest BCUT2D eigenvalue weighted by atomic mass is 16.3. The molecule has 0 saturated heterocycles. The van der Waals surface area contributed by atoms with Crippen LogP contribution in [0.25, 0.3) is 0 Å². The molecule has 0 aliphatic heterocycles. The van der Waals surface area contributed by atoms with E-state index in [1.807, 2.05) is 6.08 Å². The lowest BCUT2D eigenvalue weighted by Crippen LogP contribution is -2.45. The van der Waals surface area contributed by atoms with Gasteiger partial charge in [0, 0.05) is 6.42 Å². The van der Waals surface area contributed by atoms with Crippen molar-refractivity contribution >= 4 is 5.91 Å². The molecule has 21 heavy (non-hydrogen) atoms. The van der Waals surface area contributed by atoms with Gasteiger partial charge < -0.3 is 15.5 Å². The van der Waals surface area contributed by atoms with Crippen LogP contribution in [0.5, 0.6) is 0 Å². The van der Waals surface area contributed by atoms with E-state index in [2.05, 4.69) is 19.2 Å². The molecule has 0 fully saturated rings. The second-order valence-electron chi connectivity index (χ2n) is 5.58. The zero-order chi connectivity index (χ0) is 15.9. The minimum atomic E-state index is -0.823. The van der Waals surface area contributed by atoms with Gasteiger partial charge in [0.1, 0.15) is 0 Å². The number of carbonyl (C=O) groups excluding carboxylic acids is 1. The predicted molar refractivity (Wildman–Crippen MR) is 87.1 cm³/mol. The third-order valence-corrected chi connectivity index (χ3v) is 3.52. The van der Waals surface area contributed by atoms with E-state index in [9.17, 15) is 15.0 Å². The normalized spacial score (nSPS) is 14.3. The van der Waals surface area contributed by atoms with Crippen LogP contribution < -0.4 is 5.32 Å². The summed E-state index contributed by atoms with van der Waals surface area (Å²) in [7, 11) is 0. The van der Waals surface area contributed by atoms with E-state index in [4.69, 9.17) is 0 Å². The first-order chi connectivity index (χ1) is 10.2. The number of allylic oxidation sites excluding steroid dienone is 1. The molecule has 0 spiro atoms. The van der Waals surface area contributed by atoms with Gasteiger partial charge in [-0.15, -0.1) is 0 Å². The van der Waals surface area contributed by atoms with E-state index in [-0.39, 0.29) is 12.5 Å². The van der Waals surface area contributed by atoms with Gasteiger partial charge in [0.25, 0.3) is 0 Å². The molecule has 0 aromatic heterocycles. The molecule has 0 rings (SSSR count). The maximum atomic E-state index is 11.7. The second-order valence-corrected chi connectivity index (χ2v) is 5.58. The van der Waals surface area contributed by atoms with Crippen molar-refractivity contribution in [1.82, 2.24) is 5.32 Å². The lowest BCUT2D eigenvalue weighted by atomic mass is 10.1. The first-order valence-corrected chi connectivity index (χ1v) is 8.40. The SMILES string of the molecule is CCCCC/C=C/C(O)C(CO)NC(=O)CCCCCC. The van der Waals surface area contributed by atoms with Crippen molar-refractivity contribution in [3.05, 3.63) is 12.2 Å². The van der Waals surface area contributed by atoms with Gasteiger partial charge in [-0.05, 0) is 19.3 Å². The van der Waals surface area contributed by atoms with Gasteiger partial charge in [-0.3, -0.25) is 4.79 Å². The average Bonchev–Trinajstić information content (AvgIpc) is 2.48. The largest absolute Gasteiger partial charge is 0.394 e. The van der Waals surface area contributed by atoms with Crippen molar-refractivity contribution < 1.29 is 15.0 Å². The summed E-state index contributed by atoms with van der Waals surface area (Å²) >= 11 is 0. The van der Waals surface area contributed by atoms with Gasteiger partial charge in [0.05, 0.1) is 18.8 Å². The fourth-order valence-corrected chi connectivity index (χ4v) is 2.11. The summed E-state index contributed by atoms with van der Waals surface area (Å²) in [5.41, 5.74) is 0. The van der Waals surface area contributed by atoms with E-state index < -0.39 is 12.1 Å². The van der Waals surface area contributed by atoms with Crippen LogP contribution in [-0.2, 0) is 4.79 Å². The number of carbonyl (C=O) groups is 1. The Hall–Kier alpha value is -0.870. The van der Waals surface area contributed by atoms with E-state index in [0.29, 0.717) is 6.42 Å². The molecule has 1 amide bonds. The molecule has 4 heteroatoms. The Morgan fingerprint density at radius 3 is 2.38 bits per heavy atom. The predicted octanol–water partition coefficient (Wildman–Crippen LogP) is 2.93. The number of nitrogens with one attached hydrogen (secondary N) is 1. The number of aliphatic hydroxyl groups excluding tert-OH is 2. The van der Waals surface area contributed by atoms with Gasteiger partial charge in [-0.1, -0.05) is 58.1 Å². The summed E-state index contributed by atoms with van der Waals surface area (Å²) < 4.78 is 0. The fourth-order valence-electron chi connectivity index (χ4n) is 2.11. The van der Waals surface area contributed by atoms with E-state index in [1.54, 1.807) is 6.08 Å². The molecule has 0 bridgehead atoms. The number of rotatable bonds is 13. The molecule has 0 radical (unpaired) electrons. The number of hydrogen-bond donors (Lipinski definition) is 3. The Morgan fingerprint density at radius 2 is 1.76 bits per heavy atom. The minimum Gasteiger partial charge on any atom is -0.394 e. The summed E-state index contributed by atoms with van der Waals surface area (Å²) in [5.74, 6) is -0.0939. The van der Waals surface area contributed by atoms with Gasteiger partial charge >= 0.3 is 0 Å². The Kier molecular flexibility index (Phi) is 13.5. The molecule has 0 aliphatic carbocycles. The topological polar surface area (TPSA) is 69.6 Å². The molecular weight excluding hydrogens is 266 g/mol. The minimum absolute atomic E-state index is 0.0939. The monoisotopic (exact) mass is 299 g/mol. The standard InChI is InChI=1S/C17H33NO3/c1-3-5-7-9-10-12-16(20)15(14-19)18-17(21)13-11-8-6-4-2/h10,12,15-16,19-20H,3-9,11,13-14H2,1-2H3,(H,18,21)/b12-10+. The van der Waals surface area contributed by atoms with Gasteiger partial charge in [0.2, 0.25) is 5.91 Å². The third-order valence-electron chi connectivity index (χ3n) is 3.52. The number of amides is 1. The molecule has 0 heterocycles. The van der Waals surface area contributed by atoms with Crippen molar-refractivity contribution in [2.75, 3.05) is 6.61 Å². The number of aliphatic hydroxyl groups is 2. The Bertz CT molecular complexity index is 279. The Labute approximate surface area is 129 Å². The molecule has 4 nitrogen and oxygen atoms in total. The first kappa shape index (κ1) is 20.1. The van der Waals surface area contributed by atoms with Gasteiger partial charge in [-0.25, -0.2) is 0 Å². The first-order valence-electron chi connectivity index (χ1n) is 8.40. The number of unbranched alkanes of at least 4 members (excludes halogenated alkanes) is 6. The van der Waals surface area contributed by atoms with Crippen LogP contribution in [0.3, 0.4) is 0 Å². The summed E-state index contributed by atoms with van der Waals surface area (Å²) in [5, 5.41) is 22.0. The summed E-state index contributed by atoms with van der Waals surface area (Å²) in [4.78, 5) is 11.7. The lowest BCUT2D eigenvalue weighted by molar-refractivity contribution is -0.123. The smallest absolute Gasteiger partial charge is 0.220 e. The van der Waals surface area contributed by atoms with Gasteiger partial charge in [-0.2, -0.15) is 0 Å². The van der Waals surface area contributed by atoms with Crippen LogP contribution in [0.15, 0.2) is 12.2 Å². The average molecular weight is 299 g/mol. The van der Waals surface area contributed by atoms with E-state index >= 15 is 0 Å². The highest BCUT2D eigenvalue weighted by Crippen LogP contribution is 2.05. The molecule has 3 N–H and O–H groups in total. The molecule has 2 atom stereocenters. The molecule has 2 unspecified atom stereocenters.